The molecule has 4 nitrogen and oxygen atoms in total. The summed E-state index contributed by atoms with van der Waals surface area (Å²) in [5.74, 6) is 1.70. The van der Waals surface area contributed by atoms with Crippen LogP contribution in [0.2, 0.25) is 0 Å². The maximum absolute atomic E-state index is 12.6. The lowest BCUT2D eigenvalue weighted by Gasteiger charge is -2.29. The number of rotatable bonds is 3. The maximum atomic E-state index is 12.6. The Morgan fingerprint density at radius 3 is 2.89 bits per heavy atom. The van der Waals surface area contributed by atoms with E-state index in [0.29, 0.717) is 17.9 Å². The molecule has 2 saturated heterocycles. The summed E-state index contributed by atoms with van der Waals surface area (Å²) in [6.07, 6.45) is 6.38. The summed E-state index contributed by atoms with van der Waals surface area (Å²) in [6.45, 7) is 3.13. The van der Waals surface area contributed by atoms with Gasteiger partial charge in [-0.15, -0.1) is 0 Å². The lowest BCUT2D eigenvalue weighted by molar-refractivity contribution is -0.133. The molecule has 0 bridgehead atoms. The fraction of sp³-hybridized carbons (Fsp3) is 0.933. The van der Waals surface area contributed by atoms with Crippen LogP contribution in [0.1, 0.15) is 32.1 Å². The highest BCUT2D eigenvalue weighted by Crippen LogP contribution is 2.38. The molecular weight excluding hydrogens is 238 g/mol. The summed E-state index contributed by atoms with van der Waals surface area (Å²) in [5.41, 5.74) is 0. The first-order valence-corrected chi connectivity index (χ1v) is 7.85. The molecule has 1 amide bonds. The average Bonchev–Trinajstić information content (AvgIpc) is 3.05. The molecule has 3 aliphatic rings. The van der Waals surface area contributed by atoms with Crippen molar-refractivity contribution in [3.8, 4) is 0 Å². The standard InChI is InChI=1S/C15H27N3O/c1-17-8-4-6-12(17)10-18(2)15(19)14-13-7-3-5-11(13)9-16-14/h11-14,16H,3-10H2,1-2H3. The van der Waals surface area contributed by atoms with Crippen molar-refractivity contribution in [2.45, 2.75) is 44.2 Å². The smallest absolute Gasteiger partial charge is 0.239 e. The first-order chi connectivity index (χ1) is 9.16. The van der Waals surface area contributed by atoms with E-state index < -0.39 is 0 Å². The lowest BCUT2D eigenvalue weighted by atomic mass is 9.93. The minimum Gasteiger partial charge on any atom is -0.343 e. The number of carbonyl (C=O) groups excluding carboxylic acids is 1. The first kappa shape index (κ1) is 13.4. The van der Waals surface area contributed by atoms with Gasteiger partial charge in [0.1, 0.15) is 0 Å². The normalized spacial score (nSPS) is 38.6. The number of likely N-dealkylation sites (tertiary alicyclic amines) is 1. The van der Waals surface area contributed by atoms with Gasteiger partial charge < -0.3 is 15.1 Å². The lowest BCUT2D eigenvalue weighted by Crippen LogP contribution is -2.48. The van der Waals surface area contributed by atoms with Crippen LogP contribution in [0.4, 0.5) is 0 Å². The molecule has 4 heteroatoms. The Bertz CT molecular complexity index is 346. The number of likely N-dealkylation sites (N-methyl/N-ethyl adjacent to an activating group) is 2. The van der Waals surface area contributed by atoms with Gasteiger partial charge in [-0.25, -0.2) is 0 Å². The molecular formula is C15H27N3O. The number of hydrogen-bond donors (Lipinski definition) is 1. The molecule has 0 spiro atoms. The van der Waals surface area contributed by atoms with Gasteiger partial charge in [-0.3, -0.25) is 4.79 Å². The zero-order valence-electron chi connectivity index (χ0n) is 12.3. The van der Waals surface area contributed by atoms with Crippen molar-refractivity contribution in [2.24, 2.45) is 11.8 Å². The number of nitrogens with one attached hydrogen (secondary N) is 1. The second-order valence-corrected chi connectivity index (χ2v) is 6.74. The Labute approximate surface area is 116 Å². The second-order valence-electron chi connectivity index (χ2n) is 6.74. The molecule has 1 saturated carbocycles. The van der Waals surface area contributed by atoms with Gasteiger partial charge in [0.15, 0.2) is 0 Å². The molecule has 1 N–H and O–H groups in total. The van der Waals surface area contributed by atoms with Crippen LogP contribution in [0.25, 0.3) is 0 Å². The molecule has 0 aromatic heterocycles. The van der Waals surface area contributed by atoms with Gasteiger partial charge >= 0.3 is 0 Å². The third kappa shape index (κ3) is 2.52. The minimum absolute atomic E-state index is 0.101. The van der Waals surface area contributed by atoms with Crippen molar-refractivity contribution >= 4 is 5.91 Å². The van der Waals surface area contributed by atoms with Crippen LogP contribution >= 0.6 is 0 Å². The molecule has 0 aromatic rings. The minimum atomic E-state index is 0.101. The van der Waals surface area contributed by atoms with Crippen LogP contribution in [0.15, 0.2) is 0 Å². The number of fused-ring (bicyclic) bond motifs is 1. The first-order valence-electron chi connectivity index (χ1n) is 7.85. The monoisotopic (exact) mass is 265 g/mol. The molecule has 4 atom stereocenters. The van der Waals surface area contributed by atoms with Gasteiger partial charge in [-0.2, -0.15) is 0 Å². The van der Waals surface area contributed by atoms with Crippen LogP contribution < -0.4 is 5.32 Å². The Hall–Kier alpha value is -0.610. The van der Waals surface area contributed by atoms with Crippen molar-refractivity contribution in [1.82, 2.24) is 15.1 Å². The number of carbonyl (C=O) groups is 1. The van der Waals surface area contributed by atoms with E-state index in [4.69, 9.17) is 0 Å². The zero-order valence-corrected chi connectivity index (χ0v) is 12.3. The van der Waals surface area contributed by atoms with E-state index in [2.05, 4.69) is 17.3 Å². The van der Waals surface area contributed by atoms with E-state index in [1.54, 1.807) is 0 Å². The molecule has 0 aromatic carbocycles. The van der Waals surface area contributed by atoms with E-state index in [0.717, 1.165) is 19.0 Å². The van der Waals surface area contributed by atoms with E-state index in [-0.39, 0.29) is 6.04 Å². The number of nitrogens with zero attached hydrogens (tertiary/aromatic N) is 2. The quantitative estimate of drug-likeness (QED) is 0.824. The molecule has 0 radical (unpaired) electrons. The summed E-state index contributed by atoms with van der Waals surface area (Å²) >= 11 is 0. The zero-order chi connectivity index (χ0) is 13.4. The van der Waals surface area contributed by atoms with E-state index in [9.17, 15) is 4.79 Å². The van der Waals surface area contributed by atoms with Crippen LogP contribution in [0.5, 0.6) is 0 Å². The van der Waals surface area contributed by atoms with E-state index >= 15 is 0 Å². The Morgan fingerprint density at radius 2 is 2.16 bits per heavy atom. The van der Waals surface area contributed by atoms with Gasteiger partial charge in [0, 0.05) is 19.6 Å². The Balaban J connectivity index is 1.57. The summed E-state index contributed by atoms with van der Waals surface area (Å²) in [5, 5.41) is 3.47. The van der Waals surface area contributed by atoms with E-state index in [1.165, 1.54) is 38.6 Å². The SMILES string of the molecule is CN(CC1CCCN1C)C(=O)C1NCC2CCCC21. The molecule has 108 valence electrons. The molecule has 1 aliphatic carbocycles. The average molecular weight is 265 g/mol. The highest BCUT2D eigenvalue weighted by molar-refractivity contribution is 5.82. The summed E-state index contributed by atoms with van der Waals surface area (Å²) < 4.78 is 0. The van der Waals surface area contributed by atoms with Crippen molar-refractivity contribution in [3.63, 3.8) is 0 Å². The molecule has 2 heterocycles. The number of hydrogen-bond acceptors (Lipinski definition) is 3. The third-order valence-electron chi connectivity index (χ3n) is 5.54. The summed E-state index contributed by atoms with van der Waals surface area (Å²) in [7, 11) is 4.16. The van der Waals surface area contributed by atoms with Gasteiger partial charge in [-0.05, 0) is 57.7 Å². The van der Waals surface area contributed by atoms with Gasteiger partial charge in [0.05, 0.1) is 6.04 Å². The third-order valence-corrected chi connectivity index (χ3v) is 5.54. The Kier molecular flexibility index (Phi) is 3.81. The van der Waals surface area contributed by atoms with Crippen molar-refractivity contribution < 1.29 is 4.79 Å². The molecule has 19 heavy (non-hydrogen) atoms. The highest BCUT2D eigenvalue weighted by atomic mass is 16.2. The van der Waals surface area contributed by atoms with Crippen LogP contribution in [-0.4, -0.2) is 61.5 Å². The van der Waals surface area contributed by atoms with Crippen LogP contribution in [-0.2, 0) is 4.79 Å². The summed E-state index contributed by atoms with van der Waals surface area (Å²) in [6, 6.07) is 0.666. The molecule has 4 unspecified atom stereocenters. The van der Waals surface area contributed by atoms with Crippen molar-refractivity contribution in [1.29, 1.82) is 0 Å². The topological polar surface area (TPSA) is 35.6 Å². The van der Waals surface area contributed by atoms with Crippen molar-refractivity contribution in [3.05, 3.63) is 0 Å². The largest absolute Gasteiger partial charge is 0.343 e. The van der Waals surface area contributed by atoms with Crippen molar-refractivity contribution in [2.75, 3.05) is 33.7 Å². The van der Waals surface area contributed by atoms with Gasteiger partial charge in [0.25, 0.3) is 0 Å². The van der Waals surface area contributed by atoms with E-state index in [1.807, 2.05) is 11.9 Å². The molecule has 3 fully saturated rings. The summed E-state index contributed by atoms with van der Waals surface area (Å²) in [4.78, 5) is 17.0. The maximum Gasteiger partial charge on any atom is 0.239 e. The highest BCUT2D eigenvalue weighted by Gasteiger charge is 2.43. The molecule has 2 aliphatic heterocycles. The fourth-order valence-corrected chi connectivity index (χ4v) is 4.31. The fourth-order valence-electron chi connectivity index (χ4n) is 4.31. The predicted molar refractivity (Wildman–Crippen MR) is 75.9 cm³/mol. The Morgan fingerprint density at radius 1 is 1.32 bits per heavy atom. The molecule has 3 rings (SSSR count). The van der Waals surface area contributed by atoms with Gasteiger partial charge in [-0.1, -0.05) is 6.42 Å². The number of amides is 1. The van der Waals surface area contributed by atoms with Crippen LogP contribution in [0, 0.1) is 11.8 Å². The predicted octanol–water partition coefficient (Wildman–Crippen LogP) is 0.927. The van der Waals surface area contributed by atoms with Crippen LogP contribution in [0.3, 0.4) is 0 Å². The van der Waals surface area contributed by atoms with Gasteiger partial charge in [0.2, 0.25) is 5.91 Å². The second kappa shape index (κ2) is 5.41.